The molecule has 1 aliphatic rings. The Hall–Kier alpha value is -3.48. The Morgan fingerprint density at radius 3 is 2.82 bits per heavy atom. The molecule has 0 unspecified atom stereocenters. The molecule has 1 aliphatic carbocycles. The van der Waals surface area contributed by atoms with Crippen molar-refractivity contribution in [2.75, 3.05) is 11.1 Å². The van der Waals surface area contributed by atoms with Crippen LogP contribution in [0.1, 0.15) is 43.1 Å². The molecule has 0 bridgehead atoms. The number of benzene rings is 1. The van der Waals surface area contributed by atoms with E-state index in [1.165, 1.54) is 30.2 Å². The van der Waals surface area contributed by atoms with Gasteiger partial charge in [-0.2, -0.15) is 0 Å². The summed E-state index contributed by atoms with van der Waals surface area (Å²) in [6.07, 6.45) is 7.60. The van der Waals surface area contributed by atoms with Crippen molar-refractivity contribution in [2.45, 2.75) is 31.7 Å². The first-order valence-corrected chi connectivity index (χ1v) is 9.46. The van der Waals surface area contributed by atoms with Gasteiger partial charge in [-0.05, 0) is 49.4 Å². The minimum atomic E-state index is -0.0889. The lowest BCUT2D eigenvalue weighted by molar-refractivity contribution is 0.766. The summed E-state index contributed by atoms with van der Waals surface area (Å²) in [7, 11) is 0. The van der Waals surface area contributed by atoms with E-state index in [2.05, 4.69) is 56.0 Å². The lowest BCUT2D eigenvalue weighted by atomic mass is 10.1. The molecule has 3 aromatic heterocycles. The molecular formula is C21H21N7. The van der Waals surface area contributed by atoms with E-state index in [1.54, 1.807) is 12.3 Å². The third-order valence-electron chi connectivity index (χ3n) is 5.09. The molecule has 1 fully saturated rings. The number of rotatable bonds is 5. The van der Waals surface area contributed by atoms with Gasteiger partial charge in [-0.15, -0.1) is 0 Å². The molecule has 7 nitrogen and oxygen atoms in total. The van der Waals surface area contributed by atoms with E-state index in [9.17, 15) is 0 Å². The van der Waals surface area contributed by atoms with Crippen molar-refractivity contribution in [3.8, 4) is 5.69 Å². The SMILES string of the molecule is C[C@H](Nc1cc(N)ncn1)c1nc2cccc(C3CC3)c2n1-c1cccnc1. The number of nitrogens with zero attached hydrogens (tertiary/aromatic N) is 5. The first-order valence-electron chi connectivity index (χ1n) is 9.46. The smallest absolute Gasteiger partial charge is 0.136 e. The number of aromatic nitrogens is 5. The maximum atomic E-state index is 5.80. The molecule has 140 valence electrons. The Labute approximate surface area is 162 Å². The fourth-order valence-corrected chi connectivity index (χ4v) is 3.67. The number of hydrogen-bond donors (Lipinski definition) is 2. The minimum absolute atomic E-state index is 0.0889. The number of anilines is 2. The predicted molar refractivity (Wildman–Crippen MR) is 109 cm³/mol. The largest absolute Gasteiger partial charge is 0.384 e. The summed E-state index contributed by atoms with van der Waals surface area (Å²) in [5.41, 5.74) is 10.3. The van der Waals surface area contributed by atoms with Crippen LogP contribution in [0, 0.1) is 0 Å². The number of nitrogen functional groups attached to an aromatic ring is 1. The summed E-state index contributed by atoms with van der Waals surface area (Å²) in [6.45, 7) is 2.07. The van der Waals surface area contributed by atoms with Gasteiger partial charge in [0.25, 0.3) is 0 Å². The van der Waals surface area contributed by atoms with Gasteiger partial charge in [0.15, 0.2) is 0 Å². The van der Waals surface area contributed by atoms with Gasteiger partial charge in [0.05, 0.1) is 29.0 Å². The second-order valence-corrected chi connectivity index (χ2v) is 7.20. The Morgan fingerprint density at radius 1 is 1.18 bits per heavy atom. The van der Waals surface area contributed by atoms with Crippen LogP contribution in [-0.4, -0.2) is 24.5 Å². The number of nitrogens with one attached hydrogen (secondary N) is 1. The molecule has 3 heterocycles. The van der Waals surface area contributed by atoms with Crippen molar-refractivity contribution in [3.63, 3.8) is 0 Å². The highest BCUT2D eigenvalue weighted by molar-refractivity contribution is 5.83. The molecule has 1 atom stereocenters. The average molecular weight is 371 g/mol. The summed E-state index contributed by atoms with van der Waals surface area (Å²) in [5.74, 6) is 2.63. The molecule has 7 heteroatoms. The fourth-order valence-electron chi connectivity index (χ4n) is 3.67. The molecule has 1 saturated carbocycles. The molecule has 0 radical (unpaired) electrons. The number of fused-ring (bicyclic) bond motifs is 1. The van der Waals surface area contributed by atoms with Crippen LogP contribution in [0.3, 0.4) is 0 Å². The van der Waals surface area contributed by atoms with Crippen molar-refractivity contribution in [1.29, 1.82) is 0 Å². The van der Waals surface area contributed by atoms with Gasteiger partial charge in [-0.3, -0.25) is 9.55 Å². The maximum absolute atomic E-state index is 5.80. The van der Waals surface area contributed by atoms with E-state index in [0.717, 1.165) is 17.0 Å². The molecule has 0 saturated heterocycles. The van der Waals surface area contributed by atoms with Crippen LogP contribution in [-0.2, 0) is 0 Å². The Kier molecular flexibility index (Phi) is 3.93. The normalized spacial score (nSPS) is 14.9. The predicted octanol–water partition coefficient (Wildman–Crippen LogP) is 3.84. The summed E-state index contributed by atoms with van der Waals surface area (Å²) in [4.78, 5) is 17.5. The molecule has 5 rings (SSSR count). The summed E-state index contributed by atoms with van der Waals surface area (Å²) in [6, 6.07) is 12.1. The van der Waals surface area contributed by atoms with Gasteiger partial charge in [0.2, 0.25) is 0 Å². The highest BCUT2D eigenvalue weighted by atomic mass is 15.2. The minimum Gasteiger partial charge on any atom is -0.384 e. The van der Waals surface area contributed by atoms with E-state index in [1.807, 2.05) is 12.3 Å². The van der Waals surface area contributed by atoms with Crippen LogP contribution in [0.4, 0.5) is 11.6 Å². The number of pyridine rings is 1. The van der Waals surface area contributed by atoms with Crippen LogP contribution in [0.25, 0.3) is 16.7 Å². The summed E-state index contributed by atoms with van der Waals surface area (Å²) >= 11 is 0. The first kappa shape index (κ1) is 16.7. The average Bonchev–Trinajstić information content (AvgIpc) is 3.47. The zero-order valence-electron chi connectivity index (χ0n) is 15.6. The number of para-hydroxylation sites is 1. The van der Waals surface area contributed by atoms with E-state index in [4.69, 9.17) is 10.7 Å². The molecular weight excluding hydrogens is 350 g/mol. The molecule has 28 heavy (non-hydrogen) atoms. The van der Waals surface area contributed by atoms with E-state index in [0.29, 0.717) is 17.6 Å². The van der Waals surface area contributed by atoms with Crippen LogP contribution in [0.2, 0.25) is 0 Å². The van der Waals surface area contributed by atoms with Gasteiger partial charge in [-0.1, -0.05) is 12.1 Å². The zero-order chi connectivity index (χ0) is 19.1. The van der Waals surface area contributed by atoms with Crippen molar-refractivity contribution in [2.24, 2.45) is 0 Å². The number of imidazole rings is 1. The zero-order valence-corrected chi connectivity index (χ0v) is 15.6. The number of hydrogen-bond acceptors (Lipinski definition) is 6. The van der Waals surface area contributed by atoms with Crippen molar-refractivity contribution in [3.05, 3.63) is 66.5 Å². The van der Waals surface area contributed by atoms with Crippen LogP contribution < -0.4 is 11.1 Å². The van der Waals surface area contributed by atoms with Crippen LogP contribution >= 0.6 is 0 Å². The molecule has 0 spiro atoms. The third kappa shape index (κ3) is 2.94. The molecule has 1 aromatic carbocycles. The summed E-state index contributed by atoms with van der Waals surface area (Å²) < 4.78 is 2.22. The fraction of sp³-hybridized carbons (Fsp3) is 0.238. The van der Waals surface area contributed by atoms with Gasteiger partial charge in [0.1, 0.15) is 23.8 Å². The van der Waals surface area contributed by atoms with Crippen molar-refractivity contribution < 1.29 is 0 Å². The lowest BCUT2D eigenvalue weighted by Gasteiger charge is -2.17. The van der Waals surface area contributed by atoms with Crippen LogP contribution in [0.15, 0.2) is 55.1 Å². The molecule has 0 aliphatic heterocycles. The third-order valence-corrected chi connectivity index (χ3v) is 5.09. The monoisotopic (exact) mass is 371 g/mol. The number of nitrogens with two attached hydrogens (primary N) is 1. The van der Waals surface area contributed by atoms with Gasteiger partial charge in [-0.25, -0.2) is 15.0 Å². The van der Waals surface area contributed by atoms with Crippen molar-refractivity contribution in [1.82, 2.24) is 24.5 Å². The second kappa shape index (κ2) is 6.60. The Bertz CT molecular complexity index is 1130. The second-order valence-electron chi connectivity index (χ2n) is 7.20. The molecule has 0 amide bonds. The topological polar surface area (TPSA) is 94.5 Å². The van der Waals surface area contributed by atoms with Crippen LogP contribution in [0.5, 0.6) is 0 Å². The standard InChI is InChI=1S/C21H21N7/c1-13(26-19-10-18(22)24-12-25-19)21-27-17-6-2-5-16(14-7-8-14)20(17)28(21)15-4-3-9-23-11-15/h2-6,9-14H,7-8H2,1H3,(H3,22,24,25,26)/t13-/m0/s1. The van der Waals surface area contributed by atoms with E-state index < -0.39 is 0 Å². The maximum Gasteiger partial charge on any atom is 0.136 e. The lowest BCUT2D eigenvalue weighted by Crippen LogP contribution is -2.14. The summed E-state index contributed by atoms with van der Waals surface area (Å²) in [5, 5.41) is 3.40. The molecule has 3 N–H and O–H groups in total. The van der Waals surface area contributed by atoms with E-state index in [-0.39, 0.29) is 6.04 Å². The highest BCUT2D eigenvalue weighted by Crippen LogP contribution is 2.44. The van der Waals surface area contributed by atoms with Gasteiger partial charge in [0, 0.05) is 12.3 Å². The quantitative estimate of drug-likeness (QED) is 0.553. The van der Waals surface area contributed by atoms with Crippen molar-refractivity contribution >= 4 is 22.7 Å². The van der Waals surface area contributed by atoms with Gasteiger partial charge >= 0.3 is 0 Å². The first-order chi connectivity index (χ1) is 13.7. The highest BCUT2D eigenvalue weighted by Gasteiger charge is 2.29. The Balaban J connectivity index is 1.66. The Morgan fingerprint density at radius 2 is 2.07 bits per heavy atom. The van der Waals surface area contributed by atoms with Gasteiger partial charge < -0.3 is 11.1 Å². The molecule has 4 aromatic rings. The van der Waals surface area contributed by atoms with E-state index >= 15 is 0 Å².